The van der Waals surface area contributed by atoms with Crippen molar-refractivity contribution in [3.8, 4) is 0 Å². The smallest absolute Gasteiger partial charge is 0.113 e. The number of rotatable bonds is 9. The van der Waals surface area contributed by atoms with Crippen molar-refractivity contribution in [1.82, 2.24) is 5.32 Å². The molecule has 1 heterocycles. The van der Waals surface area contributed by atoms with Gasteiger partial charge in [0.15, 0.2) is 0 Å². The summed E-state index contributed by atoms with van der Waals surface area (Å²) in [5.74, 6) is 0. The standard InChI is InChI=1S/C27H31NO3/c1-21-26(30-19-23-13-7-3-8-14-23)27(31-20-24-15-9-4-10-16-24)25(17-28-21)29-18-22-11-5-2-6-12-22/h2-16,21,25-28H,17-20H2,1H3. The van der Waals surface area contributed by atoms with Crippen molar-refractivity contribution in [1.29, 1.82) is 0 Å². The van der Waals surface area contributed by atoms with Gasteiger partial charge in [0, 0.05) is 12.6 Å². The minimum Gasteiger partial charge on any atom is -0.369 e. The third-order valence-corrected chi connectivity index (χ3v) is 5.70. The van der Waals surface area contributed by atoms with Crippen LogP contribution in [0, 0.1) is 0 Å². The molecule has 1 aliphatic rings. The Hall–Kier alpha value is -2.50. The van der Waals surface area contributed by atoms with E-state index in [9.17, 15) is 0 Å². The Morgan fingerprint density at radius 1 is 0.613 bits per heavy atom. The molecule has 4 nitrogen and oxygen atoms in total. The fourth-order valence-corrected chi connectivity index (χ4v) is 3.94. The third kappa shape index (κ3) is 6.25. The molecule has 0 aliphatic carbocycles. The van der Waals surface area contributed by atoms with Crippen molar-refractivity contribution in [3.05, 3.63) is 108 Å². The maximum absolute atomic E-state index is 6.45. The van der Waals surface area contributed by atoms with Gasteiger partial charge in [0.05, 0.1) is 25.9 Å². The Labute approximate surface area is 185 Å². The van der Waals surface area contributed by atoms with Gasteiger partial charge in [0.2, 0.25) is 0 Å². The molecule has 0 amide bonds. The first-order valence-electron chi connectivity index (χ1n) is 11.0. The summed E-state index contributed by atoms with van der Waals surface area (Å²) in [6, 6.07) is 31.0. The summed E-state index contributed by atoms with van der Waals surface area (Å²) >= 11 is 0. The second kappa shape index (κ2) is 11.2. The van der Waals surface area contributed by atoms with Gasteiger partial charge in [-0.25, -0.2) is 0 Å². The average Bonchev–Trinajstić information content (AvgIpc) is 2.83. The summed E-state index contributed by atoms with van der Waals surface area (Å²) in [6.07, 6.45) is -0.372. The van der Waals surface area contributed by atoms with Crippen molar-refractivity contribution in [2.75, 3.05) is 6.54 Å². The van der Waals surface area contributed by atoms with E-state index >= 15 is 0 Å². The molecule has 4 rings (SSSR count). The zero-order chi connectivity index (χ0) is 21.3. The number of hydrogen-bond donors (Lipinski definition) is 1. The van der Waals surface area contributed by atoms with E-state index in [2.05, 4.69) is 48.6 Å². The number of benzene rings is 3. The summed E-state index contributed by atoms with van der Waals surface area (Å²) in [6.45, 7) is 4.53. The quantitative estimate of drug-likeness (QED) is 0.546. The molecule has 0 aromatic heterocycles. The first kappa shape index (κ1) is 21.7. The minimum atomic E-state index is -0.163. The molecule has 3 aromatic rings. The van der Waals surface area contributed by atoms with E-state index in [0.717, 1.165) is 23.2 Å². The van der Waals surface area contributed by atoms with Gasteiger partial charge in [0.25, 0.3) is 0 Å². The lowest BCUT2D eigenvalue weighted by Crippen LogP contribution is -2.60. The molecule has 4 heteroatoms. The summed E-state index contributed by atoms with van der Waals surface area (Å²) in [4.78, 5) is 0. The first-order valence-corrected chi connectivity index (χ1v) is 11.0. The van der Waals surface area contributed by atoms with Crippen LogP contribution < -0.4 is 5.32 Å². The molecule has 4 unspecified atom stereocenters. The minimum absolute atomic E-state index is 0.0964. The summed E-state index contributed by atoms with van der Waals surface area (Å²) in [5, 5.41) is 3.55. The number of hydrogen-bond acceptors (Lipinski definition) is 4. The van der Waals surface area contributed by atoms with Crippen LogP contribution in [0.4, 0.5) is 0 Å². The second-order valence-corrected chi connectivity index (χ2v) is 8.05. The molecule has 1 saturated heterocycles. The molecule has 0 bridgehead atoms. The van der Waals surface area contributed by atoms with Crippen molar-refractivity contribution < 1.29 is 14.2 Å². The third-order valence-electron chi connectivity index (χ3n) is 5.70. The molecule has 3 aromatic carbocycles. The molecule has 0 saturated carbocycles. The summed E-state index contributed by atoms with van der Waals surface area (Å²) in [7, 11) is 0. The number of piperidine rings is 1. The van der Waals surface area contributed by atoms with Gasteiger partial charge in [0.1, 0.15) is 12.2 Å². The van der Waals surface area contributed by atoms with Crippen LogP contribution in [0.15, 0.2) is 91.0 Å². The van der Waals surface area contributed by atoms with E-state index in [4.69, 9.17) is 14.2 Å². The van der Waals surface area contributed by atoms with E-state index in [-0.39, 0.29) is 24.4 Å². The predicted molar refractivity (Wildman–Crippen MR) is 123 cm³/mol. The van der Waals surface area contributed by atoms with Crippen LogP contribution in [0.2, 0.25) is 0 Å². The Kier molecular flexibility index (Phi) is 7.86. The zero-order valence-electron chi connectivity index (χ0n) is 18.0. The lowest BCUT2D eigenvalue weighted by Gasteiger charge is -2.42. The van der Waals surface area contributed by atoms with Gasteiger partial charge < -0.3 is 19.5 Å². The van der Waals surface area contributed by atoms with Crippen LogP contribution in [0.3, 0.4) is 0 Å². The molecule has 1 fully saturated rings. The van der Waals surface area contributed by atoms with Gasteiger partial charge in [-0.15, -0.1) is 0 Å². The highest BCUT2D eigenvalue weighted by molar-refractivity contribution is 5.15. The van der Waals surface area contributed by atoms with Crippen LogP contribution in [0.1, 0.15) is 23.6 Å². The van der Waals surface area contributed by atoms with Crippen LogP contribution >= 0.6 is 0 Å². The molecule has 31 heavy (non-hydrogen) atoms. The van der Waals surface area contributed by atoms with E-state index in [1.807, 2.05) is 54.6 Å². The monoisotopic (exact) mass is 417 g/mol. The summed E-state index contributed by atoms with van der Waals surface area (Å²) in [5.41, 5.74) is 3.46. The molecule has 162 valence electrons. The lowest BCUT2D eigenvalue weighted by molar-refractivity contribution is -0.173. The number of ether oxygens (including phenoxy) is 3. The Morgan fingerprint density at radius 3 is 1.52 bits per heavy atom. The van der Waals surface area contributed by atoms with Crippen LogP contribution in [-0.4, -0.2) is 30.9 Å². The highest BCUT2D eigenvalue weighted by Gasteiger charge is 2.40. The highest BCUT2D eigenvalue weighted by atomic mass is 16.6. The van der Waals surface area contributed by atoms with Crippen LogP contribution in [0.5, 0.6) is 0 Å². The second-order valence-electron chi connectivity index (χ2n) is 8.05. The molecule has 0 radical (unpaired) electrons. The van der Waals surface area contributed by atoms with E-state index in [1.165, 1.54) is 0 Å². The average molecular weight is 418 g/mol. The zero-order valence-corrected chi connectivity index (χ0v) is 18.0. The molecular weight excluding hydrogens is 386 g/mol. The predicted octanol–water partition coefficient (Wildman–Crippen LogP) is 4.73. The maximum Gasteiger partial charge on any atom is 0.113 e. The Balaban J connectivity index is 1.46. The summed E-state index contributed by atoms with van der Waals surface area (Å²) < 4.78 is 19.2. The van der Waals surface area contributed by atoms with Gasteiger partial charge in [-0.05, 0) is 23.6 Å². The van der Waals surface area contributed by atoms with Crippen molar-refractivity contribution in [3.63, 3.8) is 0 Å². The topological polar surface area (TPSA) is 39.7 Å². The van der Waals surface area contributed by atoms with Crippen molar-refractivity contribution >= 4 is 0 Å². The molecule has 1 N–H and O–H groups in total. The molecule has 1 aliphatic heterocycles. The van der Waals surface area contributed by atoms with E-state index in [1.54, 1.807) is 0 Å². The van der Waals surface area contributed by atoms with Gasteiger partial charge >= 0.3 is 0 Å². The van der Waals surface area contributed by atoms with Crippen molar-refractivity contribution in [2.45, 2.75) is 51.1 Å². The number of nitrogens with one attached hydrogen (secondary N) is 1. The highest BCUT2D eigenvalue weighted by Crippen LogP contribution is 2.23. The Morgan fingerprint density at radius 2 is 1.03 bits per heavy atom. The van der Waals surface area contributed by atoms with Crippen LogP contribution in [0.25, 0.3) is 0 Å². The maximum atomic E-state index is 6.45. The van der Waals surface area contributed by atoms with Gasteiger partial charge in [-0.1, -0.05) is 91.0 Å². The van der Waals surface area contributed by atoms with Gasteiger partial charge in [-0.2, -0.15) is 0 Å². The SMILES string of the molecule is CC1NCC(OCc2ccccc2)C(OCc2ccccc2)C1OCc1ccccc1. The molecule has 4 atom stereocenters. The fraction of sp³-hybridized carbons (Fsp3) is 0.333. The lowest BCUT2D eigenvalue weighted by atomic mass is 9.96. The normalized spacial score (nSPS) is 23.5. The largest absolute Gasteiger partial charge is 0.369 e. The Bertz CT molecular complexity index is 888. The van der Waals surface area contributed by atoms with Gasteiger partial charge in [-0.3, -0.25) is 0 Å². The fourth-order valence-electron chi connectivity index (χ4n) is 3.94. The van der Waals surface area contributed by atoms with Crippen molar-refractivity contribution in [2.24, 2.45) is 0 Å². The molecular formula is C27H31NO3. The van der Waals surface area contributed by atoms with E-state index < -0.39 is 0 Å². The van der Waals surface area contributed by atoms with E-state index in [0.29, 0.717) is 19.8 Å². The van der Waals surface area contributed by atoms with Crippen LogP contribution in [-0.2, 0) is 34.0 Å². The first-order chi connectivity index (χ1) is 15.3. The molecule has 0 spiro atoms.